The maximum absolute atomic E-state index is 12.4. The molecule has 3 rings (SSSR count). The first-order valence-electron chi connectivity index (χ1n) is 6.76. The highest BCUT2D eigenvalue weighted by Crippen LogP contribution is 2.34. The zero-order valence-corrected chi connectivity index (χ0v) is 11.4. The first kappa shape index (κ1) is 12.7. The number of carbonyl (C=O) groups excluding carboxylic acids is 2. The summed E-state index contributed by atoms with van der Waals surface area (Å²) in [5.41, 5.74) is 0. The van der Waals surface area contributed by atoms with Gasteiger partial charge in [-0.3, -0.25) is 9.59 Å². The lowest BCUT2D eigenvalue weighted by atomic mass is 9.95. The Morgan fingerprint density at radius 3 is 2.79 bits per heavy atom. The normalized spacial score (nSPS) is 27.2. The number of nitrogens with zero attached hydrogens (tertiary/aromatic N) is 1. The number of ketones is 1. The lowest BCUT2D eigenvalue weighted by Gasteiger charge is -2.27. The summed E-state index contributed by atoms with van der Waals surface area (Å²) in [5.74, 6) is 0.454. The summed E-state index contributed by atoms with van der Waals surface area (Å²) in [7, 11) is 0. The summed E-state index contributed by atoms with van der Waals surface area (Å²) in [6.07, 6.45) is 4.39. The second kappa shape index (κ2) is 5.00. The number of carbonyl (C=O) groups is 2. The van der Waals surface area contributed by atoms with Gasteiger partial charge in [0.05, 0.1) is 0 Å². The minimum atomic E-state index is -0.144. The second-order valence-electron chi connectivity index (χ2n) is 5.28. The van der Waals surface area contributed by atoms with Crippen molar-refractivity contribution in [2.75, 3.05) is 6.54 Å². The molecule has 1 aliphatic heterocycles. The maximum Gasteiger partial charge on any atom is 0.289 e. The van der Waals surface area contributed by atoms with Crippen molar-refractivity contribution in [3.05, 3.63) is 23.1 Å². The molecule has 2 unspecified atom stereocenters. The average Bonchev–Trinajstić information content (AvgIpc) is 3.07. The predicted octanol–water partition coefficient (Wildman–Crippen LogP) is 2.91. The average molecular weight is 282 g/mol. The van der Waals surface area contributed by atoms with Crippen LogP contribution in [0.15, 0.2) is 16.5 Å². The molecule has 2 fully saturated rings. The Morgan fingerprint density at radius 2 is 2.16 bits per heavy atom. The molecule has 1 amide bonds. The molecule has 2 atom stereocenters. The minimum absolute atomic E-state index is 0.0249. The molecule has 102 valence electrons. The van der Waals surface area contributed by atoms with Crippen molar-refractivity contribution in [1.29, 1.82) is 0 Å². The molecule has 1 aliphatic carbocycles. The van der Waals surface area contributed by atoms with E-state index in [9.17, 15) is 9.59 Å². The fourth-order valence-corrected chi connectivity index (χ4v) is 3.43. The van der Waals surface area contributed by atoms with Crippen LogP contribution in [0.25, 0.3) is 0 Å². The quantitative estimate of drug-likeness (QED) is 0.837. The number of likely N-dealkylation sites (tertiary alicyclic amines) is 1. The molecule has 19 heavy (non-hydrogen) atoms. The van der Waals surface area contributed by atoms with E-state index in [1.165, 1.54) is 0 Å². The second-order valence-corrected chi connectivity index (χ2v) is 5.65. The van der Waals surface area contributed by atoms with Gasteiger partial charge in [-0.2, -0.15) is 0 Å². The predicted molar refractivity (Wildman–Crippen MR) is 70.1 cm³/mol. The lowest BCUT2D eigenvalue weighted by molar-refractivity contribution is -0.121. The van der Waals surface area contributed by atoms with Gasteiger partial charge in [-0.25, -0.2) is 0 Å². The van der Waals surface area contributed by atoms with Crippen molar-refractivity contribution < 1.29 is 14.0 Å². The molecule has 5 heteroatoms. The van der Waals surface area contributed by atoms with Crippen LogP contribution in [0.4, 0.5) is 0 Å². The van der Waals surface area contributed by atoms with Gasteiger partial charge in [-0.1, -0.05) is 0 Å². The fraction of sp³-hybridized carbons (Fsp3) is 0.571. The number of furan rings is 1. The van der Waals surface area contributed by atoms with Gasteiger partial charge in [0.1, 0.15) is 5.78 Å². The van der Waals surface area contributed by atoms with Gasteiger partial charge in [-0.15, -0.1) is 0 Å². The Balaban J connectivity index is 1.79. The van der Waals surface area contributed by atoms with E-state index in [0.717, 1.165) is 25.7 Å². The summed E-state index contributed by atoms with van der Waals surface area (Å²) in [6.45, 7) is 0.700. The van der Waals surface area contributed by atoms with Gasteiger partial charge in [0.25, 0.3) is 5.91 Å². The molecule has 0 radical (unpaired) electrons. The van der Waals surface area contributed by atoms with Gasteiger partial charge in [0.15, 0.2) is 11.0 Å². The third-order valence-corrected chi connectivity index (χ3v) is 4.36. The molecular weight excluding hydrogens is 266 g/mol. The Hall–Kier alpha value is -1.29. The van der Waals surface area contributed by atoms with Gasteiger partial charge in [-0.05, 0) is 49.4 Å². The molecule has 1 aromatic rings. The van der Waals surface area contributed by atoms with Crippen LogP contribution < -0.4 is 0 Å². The molecule has 0 spiro atoms. The van der Waals surface area contributed by atoms with Gasteiger partial charge < -0.3 is 9.32 Å². The third-order valence-electron chi connectivity index (χ3n) is 4.16. The van der Waals surface area contributed by atoms with E-state index < -0.39 is 0 Å². The SMILES string of the molecule is O=C1CCCC1C1CCCN1C(=O)c1ccc(Cl)o1. The Labute approximate surface area is 116 Å². The van der Waals surface area contributed by atoms with Crippen molar-refractivity contribution >= 4 is 23.3 Å². The topological polar surface area (TPSA) is 50.5 Å². The van der Waals surface area contributed by atoms with E-state index >= 15 is 0 Å². The van der Waals surface area contributed by atoms with Gasteiger partial charge in [0.2, 0.25) is 0 Å². The van der Waals surface area contributed by atoms with Crippen LogP contribution in [-0.2, 0) is 4.79 Å². The smallest absolute Gasteiger partial charge is 0.289 e. The molecule has 1 saturated heterocycles. The molecule has 0 aromatic carbocycles. The maximum atomic E-state index is 12.4. The molecule has 0 bridgehead atoms. The lowest BCUT2D eigenvalue weighted by Crippen LogP contribution is -2.41. The Kier molecular flexibility index (Phi) is 3.35. The van der Waals surface area contributed by atoms with Crippen molar-refractivity contribution in [2.24, 2.45) is 5.92 Å². The number of rotatable bonds is 2. The van der Waals surface area contributed by atoms with Gasteiger partial charge >= 0.3 is 0 Å². The number of hydrogen-bond acceptors (Lipinski definition) is 3. The minimum Gasteiger partial charge on any atom is -0.440 e. The number of Topliss-reactive ketones (excluding diaryl/α,β-unsaturated/α-hetero) is 1. The third kappa shape index (κ3) is 2.29. The Morgan fingerprint density at radius 1 is 1.32 bits per heavy atom. The van der Waals surface area contributed by atoms with Crippen molar-refractivity contribution in [1.82, 2.24) is 4.90 Å². The molecule has 1 aromatic heterocycles. The van der Waals surface area contributed by atoms with E-state index in [1.54, 1.807) is 17.0 Å². The van der Waals surface area contributed by atoms with Crippen LogP contribution in [-0.4, -0.2) is 29.2 Å². The van der Waals surface area contributed by atoms with E-state index in [4.69, 9.17) is 16.0 Å². The van der Waals surface area contributed by atoms with Crippen LogP contribution in [0.3, 0.4) is 0 Å². The summed E-state index contributed by atoms with van der Waals surface area (Å²) in [5, 5.41) is 0.219. The van der Waals surface area contributed by atoms with Crippen LogP contribution in [0, 0.1) is 5.92 Å². The zero-order valence-electron chi connectivity index (χ0n) is 10.6. The van der Waals surface area contributed by atoms with E-state index in [0.29, 0.717) is 18.7 Å². The van der Waals surface area contributed by atoms with Crippen LogP contribution in [0.1, 0.15) is 42.7 Å². The summed E-state index contributed by atoms with van der Waals surface area (Å²) in [4.78, 5) is 26.1. The van der Waals surface area contributed by atoms with Crippen LogP contribution >= 0.6 is 11.6 Å². The summed E-state index contributed by atoms with van der Waals surface area (Å²) >= 11 is 5.71. The van der Waals surface area contributed by atoms with E-state index in [1.807, 2.05) is 0 Å². The van der Waals surface area contributed by atoms with Gasteiger partial charge in [0, 0.05) is 24.9 Å². The summed E-state index contributed by atoms with van der Waals surface area (Å²) < 4.78 is 5.18. The Bertz CT molecular complexity index is 511. The van der Waals surface area contributed by atoms with E-state index in [2.05, 4.69) is 0 Å². The monoisotopic (exact) mass is 281 g/mol. The fourth-order valence-electron chi connectivity index (χ4n) is 3.28. The van der Waals surface area contributed by atoms with Crippen LogP contribution in [0.2, 0.25) is 5.22 Å². The molecule has 2 aliphatic rings. The number of amides is 1. The number of halogens is 1. The van der Waals surface area contributed by atoms with Crippen molar-refractivity contribution in [3.63, 3.8) is 0 Å². The highest BCUT2D eigenvalue weighted by atomic mass is 35.5. The zero-order chi connectivity index (χ0) is 13.4. The molecule has 1 saturated carbocycles. The first-order valence-corrected chi connectivity index (χ1v) is 7.13. The van der Waals surface area contributed by atoms with Crippen molar-refractivity contribution in [3.8, 4) is 0 Å². The molecule has 0 N–H and O–H groups in total. The molecular formula is C14H16ClNO3. The standard InChI is InChI=1S/C14H16ClNO3/c15-13-7-6-12(19-13)14(18)16-8-2-4-10(16)9-3-1-5-11(9)17/h6-7,9-10H,1-5,8H2. The molecule has 4 nitrogen and oxygen atoms in total. The number of hydrogen-bond donors (Lipinski definition) is 0. The van der Waals surface area contributed by atoms with Crippen LogP contribution in [0.5, 0.6) is 0 Å². The highest BCUT2D eigenvalue weighted by molar-refractivity contribution is 6.29. The first-order chi connectivity index (χ1) is 9.16. The van der Waals surface area contributed by atoms with E-state index in [-0.39, 0.29) is 28.8 Å². The summed E-state index contributed by atoms with van der Waals surface area (Å²) in [6, 6.07) is 3.21. The highest BCUT2D eigenvalue weighted by Gasteiger charge is 2.40. The largest absolute Gasteiger partial charge is 0.440 e. The van der Waals surface area contributed by atoms with Crippen molar-refractivity contribution in [2.45, 2.75) is 38.1 Å². The molecule has 2 heterocycles.